The van der Waals surface area contributed by atoms with Crippen molar-refractivity contribution in [3.8, 4) is 0 Å². The van der Waals surface area contributed by atoms with Crippen molar-refractivity contribution in [1.82, 2.24) is 30.9 Å². The summed E-state index contributed by atoms with van der Waals surface area (Å²) in [4.78, 5) is 0. The third-order valence-corrected chi connectivity index (χ3v) is 2.75. The molecule has 0 saturated carbocycles. The first-order chi connectivity index (χ1) is 9.34. The van der Waals surface area contributed by atoms with Crippen LogP contribution in [0.4, 0.5) is 0 Å². The van der Waals surface area contributed by atoms with E-state index in [0.717, 1.165) is 0 Å². The minimum absolute atomic E-state index is 0.259. The molecule has 3 rings (SSSR count). The number of nitrogens with two attached hydrogens (primary N) is 1. The highest BCUT2D eigenvalue weighted by molar-refractivity contribution is 5.15. The van der Waals surface area contributed by atoms with Gasteiger partial charge in [0.05, 0.1) is 24.6 Å². The van der Waals surface area contributed by atoms with Crippen LogP contribution in [-0.2, 0) is 6.42 Å². The van der Waals surface area contributed by atoms with E-state index in [1.165, 1.54) is 18.6 Å². The van der Waals surface area contributed by atoms with Crippen LogP contribution in [0.5, 0.6) is 0 Å². The highest BCUT2D eigenvalue weighted by Crippen LogP contribution is 2.29. The molecule has 2 unspecified atom stereocenters. The fourth-order valence-corrected chi connectivity index (χ4v) is 1.77. The van der Waals surface area contributed by atoms with Gasteiger partial charge in [-0.2, -0.15) is 0 Å². The average molecular weight is 263 g/mol. The third-order valence-electron chi connectivity index (χ3n) is 2.75. The molecular formula is C9H9N7O3. The number of aromatic nitrogens is 6. The fourth-order valence-electron chi connectivity index (χ4n) is 1.77. The van der Waals surface area contributed by atoms with E-state index >= 15 is 0 Å². The van der Waals surface area contributed by atoms with Crippen LogP contribution >= 0.6 is 0 Å². The van der Waals surface area contributed by atoms with Gasteiger partial charge >= 0.3 is 0 Å². The molecule has 10 nitrogen and oxygen atoms in total. The molecule has 3 heterocycles. The third kappa shape index (κ3) is 2.33. The zero-order valence-corrected chi connectivity index (χ0v) is 9.58. The summed E-state index contributed by atoms with van der Waals surface area (Å²) < 4.78 is 13.7. The lowest BCUT2D eigenvalue weighted by molar-refractivity contribution is 0.289. The molecule has 19 heavy (non-hydrogen) atoms. The van der Waals surface area contributed by atoms with Crippen LogP contribution in [0.1, 0.15) is 29.0 Å². The summed E-state index contributed by atoms with van der Waals surface area (Å²) in [6, 6.07) is -0.491. The predicted octanol–water partition coefficient (Wildman–Crippen LogP) is -0.138. The molecule has 0 aromatic carbocycles. The molecule has 0 aliphatic rings. The van der Waals surface area contributed by atoms with Gasteiger partial charge in [-0.25, -0.2) is 13.9 Å². The lowest BCUT2D eigenvalue weighted by atomic mass is 9.91. The Morgan fingerprint density at radius 1 is 0.895 bits per heavy atom. The molecule has 0 spiro atoms. The van der Waals surface area contributed by atoms with E-state index in [-0.39, 0.29) is 5.92 Å². The van der Waals surface area contributed by atoms with Gasteiger partial charge in [0, 0.05) is 12.3 Å². The van der Waals surface area contributed by atoms with Gasteiger partial charge in [-0.05, 0) is 0 Å². The highest BCUT2D eigenvalue weighted by Gasteiger charge is 2.28. The molecule has 10 heteroatoms. The van der Waals surface area contributed by atoms with Gasteiger partial charge in [-0.1, -0.05) is 30.9 Å². The smallest absolute Gasteiger partial charge is 0.122 e. The van der Waals surface area contributed by atoms with E-state index in [9.17, 15) is 0 Å². The van der Waals surface area contributed by atoms with E-state index in [4.69, 9.17) is 5.73 Å². The molecule has 98 valence electrons. The summed E-state index contributed by atoms with van der Waals surface area (Å²) in [5.74, 6) is -0.259. The molecule has 2 N–H and O–H groups in total. The maximum Gasteiger partial charge on any atom is 0.122 e. The molecule has 3 aromatic rings. The van der Waals surface area contributed by atoms with E-state index < -0.39 is 6.04 Å². The monoisotopic (exact) mass is 263 g/mol. The average Bonchev–Trinajstić information content (AvgIpc) is 3.15. The molecule has 0 amide bonds. The van der Waals surface area contributed by atoms with E-state index in [2.05, 4.69) is 44.8 Å². The number of hydrogen-bond acceptors (Lipinski definition) is 10. The number of nitrogens with zero attached hydrogens (tertiary/aromatic N) is 6. The van der Waals surface area contributed by atoms with Crippen LogP contribution in [0.25, 0.3) is 0 Å². The zero-order valence-electron chi connectivity index (χ0n) is 9.58. The van der Waals surface area contributed by atoms with Crippen LogP contribution in [0.15, 0.2) is 32.5 Å². The standard InChI is InChI=1S/C9H9N7O3/c10-9(8-4-13-19-16-8)6(7-3-12-18-15-7)1-5-2-11-17-14-5/h2-4,6,9H,1,10H2. The van der Waals surface area contributed by atoms with Crippen molar-refractivity contribution in [3.05, 3.63) is 35.7 Å². The summed E-state index contributed by atoms with van der Waals surface area (Å²) in [6.45, 7) is 0. The summed E-state index contributed by atoms with van der Waals surface area (Å²) in [7, 11) is 0. The Bertz CT molecular complexity index is 592. The topological polar surface area (TPSA) is 143 Å². The van der Waals surface area contributed by atoms with Gasteiger partial charge in [-0.15, -0.1) is 0 Å². The summed E-state index contributed by atoms with van der Waals surface area (Å²) >= 11 is 0. The Balaban J connectivity index is 1.88. The number of rotatable bonds is 5. The van der Waals surface area contributed by atoms with Crippen LogP contribution < -0.4 is 5.73 Å². The second kappa shape index (κ2) is 4.94. The minimum Gasteiger partial charge on any atom is -0.322 e. The quantitative estimate of drug-likeness (QED) is 0.660. The van der Waals surface area contributed by atoms with Crippen molar-refractivity contribution >= 4 is 0 Å². The first kappa shape index (κ1) is 11.5. The molecular weight excluding hydrogens is 254 g/mol. The Labute approximate surface area is 105 Å². The van der Waals surface area contributed by atoms with Gasteiger partial charge in [-0.3, -0.25) is 0 Å². The summed E-state index contributed by atoms with van der Waals surface area (Å²) in [5.41, 5.74) is 7.87. The molecule has 0 saturated heterocycles. The Kier molecular flexibility index (Phi) is 2.98. The van der Waals surface area contributed by atoms with Crippen molar-refractivity contribution in [1.29, 1.82) is 0 Å². The molecule has 0 fully saturated rings. The molecule has 0 aliphatic heterocycles. The molecule has 2 atom stereocenters. The Morgan fingerprint density at radius 3 is 2.11 bits per heavy atom. The van der Waals surface area contributed by atoms with Crippen molar-refractivity contribution in [3.63, 3.8) is 0 Å². The van der Waals surface area contributed by atoms with Crippen LogP contribution in [-0.4, -0.2) is 30.9 Å². The van der Waals surface area contributed by atoms with E-state index in [1.54, 1.807) is 0 Å². The maximum absolute atomic E-state index is 6.14. The molecule has 0 radical (unpaired) electrons. The molecule has 3 aromatic heterocycles. The van der Waals surface area contributed by atoms with Gasteiger partial charge in [0.1, 0.15) is 17.1 Å². The SMILES string of the molecule is NC(c1cnon1)C(Cc1cnon1)c1cnon1. The van der Waals surface area contributed by atoms with Gasteiger partial charge < -0.3 is 5.73 Å². The van der Waals surface area contributed by atoms with Crippen molar-refractivity contribution in [2.45, 2.75) is 18.4 Å². The van der Waals surface area contributed by atoms with Crippen LogP contribution in [0.3, 0.4) is 0 Å². The fraction of sp³-hybridized carbons (Fsp3) is 0.333. The van der Waals surface area contributed by atoms with Crippen molar-refractivity contribution < 1.29 is 13.9 Å². The largest absolute Gasteiger partial charge is 0.322 e. The first-order valence-electron chi connectivity index (χ1n) is 5.41. The van der Waals surface area contributed by atoms with Gasteiger partial charge in [0.15, 0.2) is 0 Å². The molecule has 0 aliphatic carbocycles. The van der Waals surface area contributed by atoms with Crippen LogP contribution in [0.2, 0.25) is 0 Å². The van der Waals surface area contributed by atoms with E-state index in [0.29, 0.717) is 23.5 Å². The number of hydrogen-bond donors (Lipinski definition) is 1. The predicted molar refractivity (Wildman–Crippen MR) is 56.3 cm³/mol. The van der Waals surface area contributed by atoms with Crippen LogP contribution in [0, 0.1) is 0 Å². The zero-order chi connectivity index (χ0) is 13.1. The first-order valence-corrected chi connectivity index (χ1v) is 5.41. The second-order valence-corrected chi connectivity index (χ2v) is 3.90. The normalized spacial score (nSPS) is 14.4. The maximum atomic E-state index is 6.14. The minimum atomic E-state index is -0.491. The molecule has 0 bridgehead atoms. The highest BCUT2D eigenvalue weighted by atomic mass is 16.6. The van der Waals surface area contributed by atoms with Crippen molar-refractivity contribution in [2.24, 2.45) is 5.73 Å². The summed E-state index contributed by atoms with van der Waals surface area (Å²) in [6.07, 6.45) is 4.90. The Hall–Kier alpha value is -2.62. The second-order valence-electron chi connectivity index (χ2n) is 3.90. The Morgan fingerprint density at radius 2 is 1.53 bits per heavy atom. The lowest BCUT2D eigenvalue weighted by Crippen LogP contribution is -2.22. The van der Waals surface area contributed by atoms with Crippen molar-refractivity contribution in [2.75, 3.05) is 0 Å². The van der Waals surface area contributed by atoms with E-state index in [1.807, 2.05) is 0 Å². The van der Waals surface area contributed by atoms with Gasteiger partial charge in [0.25, 0.3) is 0 Å². The van der Waals surface area contributed by atoms with Gasteiger partial charge in [0.2, 0.25) is 0 Å². The lowest BCUT2D eigenvalue weighted by Gasteiger charge is -2.17. The summed E-state index contributed by atoms with van der Waals surface area (Å²) in [5, 5.41) is 21.9.